The van der Waals surface area contributed by atoms with E-state index in [1.54, 1.807) is 24.4 Å². The van der Waals surface area contributed by atoms with E-state index in [1.165, 1.54) is 0 Å². The van der Waals surface area contributed by atoms with E-state index >= 15 is 0 Å². The van der Waals surface area contributed by atoms with Crippen LogP contribution in [0.15, 0.2) is 48.8 Å². The molecule has 0 radical (unpaired) electrons. The zero-order chi connectivity index (χ0) is 15.5. The fourth-order valence-corrected chi connectivity index (χ4v) is 2.79. The maximum absolute atomic E-state index is 12.2. The highest BCUT2D eigenvalue weighted by Gasteiger charge is 2.39. The van der Waals surface area contributed by atoms with Gasteiger partial charge in [0.1, 0.15) is 11.9 Å². The maximum Gasteiger partial charge on any atom is 0.252 e. The molecule has 0 aliphatic carbocycles. The van der Waals surface area contributed by atoms with Crippen molar-refractivity contribution < 1.29 is 14.6 Å². The average molecular weight is 298 g/mol. The molecule has 1 aliphatic heterocycles. The average Bonchev–Trinajstić information content (AvgIpc) is 2.85. The van der Waals surface area contributed by atoms with E-state index in [0.717, 1.165) is 16.9 Å². The Hall–Kier alpha value is -2.40. The van der Waals surface area contributed by atoms with Gasteiger partial charge in [0.05, 0.1) is 13.2 Å². The van der Waals surface area contributed by atoms with Crippen LogP contribution in [-0.2, 0) is 11.3 Å². The number of aliphatic hydroxyl groups is 1. The van der Waals surface area contributed by atoms with Crippen LogP contribution >= 0.6 is 0 Å². The first-order chi connectivity index (χ1) is 10.7. The number of rotatable bonds is 4. The summed E-state index contributed by atoms with van der Waals surface area (Å²) in [6, 6.07) is 11.2. The lowest BCUT2D eigenvalue weighted by Crippen LogP contribution is -2.30. The van der Waals surface area contributed by atoms with E-state index in [9.17, 15) is 9.90 Å². The highest BCUT2D eigenvalue weighted by molar-refractivity contribution is 5.83. The standard InChI is InChI=1S/C17H18N2O3/c1-22-14-6-4-12(5-7-14)11-19-15(9-16(20)17(19)21)13-3-2-8-18-10-13/h2-8,10,15-16,20H,9,11H2,1H3/t15-,16-/m0/s1. The Morgan fingerprint density at radius 1 is 1.32 bits per heavy atom. The number of aliphatic hydroxyl groups excluding tert-OH is 1. The van der Waals surface area contributed by atoms with Crippen LogP contribution in [0.4, 0.5) is 0 Å². The van der Waals surface area contributed by atoms with Gasteiger partial charge >= 0.3 is 0 Å². The molecule has 1 N–H and O–H groups in total. The third-order valence-electron chi connectivity index (χ3n) is 3.97. The third kappa shape index (κ3) is 2.80. The molecular formula is C17H18N2O3. The molecule has 2 aromatic rings. The van der Waals surface area contributed by atoms with Crippen LogP contribution in [0.5, 0.6) is 5.75 Å². The van der Waals surface area contributed by atoms with Crippen molar-refractivity contribution in [1.29, 1.82) is 0 Å². The smallest absolute Gasteiger partial charge is 0.252 e. The first-order valence-corrected chi connectivity index (χ1v) is 7.20. The molecule has 114 valence electrons. The Morgan fingerprint density at radius 2 is 2.09 bits per heavy atom. The molecule has 0 unspecified atom stereocenters. The van der Waals surface area contributed by atoms with Crippen molar-refractivity contribution in [3.05, 3.63) is 59.9 Å². The van der Waals surface area contributed by atoms with Gasteiger partial charge in [0.25, 0.3) is 5.91 Å². The molecular weight excluding hydrogens is 280 g/mol. The molecule has 1 aromatic carbocycles. The molecule has 5 heteroatoms. The van der Waals surface area contributed by atoms with Crippen LogP contribution < -0.4 is 4.74 Å². The van der Waals surface area contributed by atoms with Crippen molar-refractivity contribution in [3.8, 4) is 5.75 Å². The summed E-state index contributed by atoms with van der Waals surface area (Å²) in [5.74, 6) is 0.546. The fourth-order valence-electron chi connectivity index (χ4n) is 2.79. The molecule has 3 rings (SSSR count). The molecule has 1 saturated heterocycles. The Labute approximate surface area is 129 Å². The number of hydrogen-bond acceptors (Lipinski definition) is 4. The number of hydrogen-bond donors (Lipinski definition) is 1. The summed E-state index contributed by atoms with van der Waals surface area (Å²) in [5.41, 5.74) is 1.94. The first kappa shape index (κ1) is 14.5. The van der Waals surface area contributed by atoms with Crippen LogP contribution in [0.25, 0.3) is 0 Å². The second kappa shape index (κ2) is 6.15. The van der Waals surface area contributed by atoms with Gasteiger partial charge in [-0.2, -0.15) is 0 Å². The van der Waals surface area contributed by atoms with Gasteiger partial charge in [-0.15, -0.1) is 0 Å². The van der Waals surface area contributed by atoms with E-state index in [2.05, 4.69) is 4.98 Å². The molecule has 2 heterocycles. The molecule has 0 saturated carbocycles. The maximum atomic E-state index is 12.2. The summed E-state index contributed by atoms with van der Waals surface area (Å²) >= 11 is 0. The number of benzene rings is 1. The zero-order valence-electron chi connectivity index (χ0n) is 12.3. The van der Waals surface area contributed by atoms with Crippen molar-refractivity contribution in [2.75, 3.05) is 7.11 Å². The second-order valence-electron chi connectivity index (χ2n) is 5.37. The monoisotopic (exact) mass is 298 g/mol. The quantitative estimate of drug-likeness (QED) is 0.937. The highest BCUT2D eigenvalue weighted by atomic mass is 16.5. The number of aromatic nitrogens is 1. The number of pyridine rings is 1. The Morgan fingerprint density at radius 3 is 2.73 bits per heavy atom. The van der Waals surface area contributed by atoms with Gasteiger partial charge in [0, 0.05) is 25.4 Å². The van der Waals surface area contributed by atoms with Crippen LogP contribution in [0.2, 0.25) is 0 Å². The van der Waals surface area contributed by atoms with E-state index < -0.39 is 6.10 Å². The number of carbonyl (C=O) groups excluding carboxylic acids is 1. The van der Waals surface area contributed by atoms with Gasteiger partial charge in [-0.3, -0.25) is 9.78 Å². The predicted molar refractivity (Wildman–Crippen MR) is 81.1 cm³/mol. The molecule has 5 nitrogen and oxygen atoms in total. The van der Waals surface area contributed by atoms with Gasteiger partial charge < -0.3 is 14.7 Å². The molecule has 0 bridgehead atoms. The topological polar surface area (TPSA) is 62.7 Å². The van der Waals surface area contributed by atoms with Gasteiger partial charge in [0.15, 0.2) is 0 Å². The fraction of sp³-hybridized carbons (Fsp3) is 0.294. The number of methoxy groups -OCH3 is 1. The van der Waals surface area contributed by atoms with Gasteiger partial charge in [0.2, 0.25) is 0 Å². The van der Waals surface area contributed by atoms with Gasteiger partial charge in [-0.25, -0.2) is 0 Å². The van der Waals surface area contributed by atoms with Crippen molar-refractivity contribution >= 4 is 5.91 Å². The summed E-state index contributed by atoms with van der Waals surface area (Å²) in [6.45, 7) is 0.458. The van der Waals surface area contributed by atoms with Crippen LogP contribution in [0, 0.1) is 0 Å². The largest absolute Gasteiger partial charge is 0.497 e. The SMILES string of the molecule is COc1ccc(CN2C(=O)[C@@H](O)C[C@H]2c2cccnc2)cc1. The third-order valence-corrected chi connectivity index (χ3v) is 3.97. The first-order valence-electron chi connectivity index (χ1n) is 7.20. The number of nitrogens with zero attached hydrogens (tertiary/aromatic N) is 2. The predicted octanol–water partition coefficient (Wildman–Crippen LogP) is 1.92. The molecule has 0 spiro atoms. The molecule has 1 aromatic heterocycles. The molecule has 1 amide bonds. The van der Waals surface area contributed by atoms with Gasteiger partial charge in [-0.05, 0) is 29.3 Å². The number of likely N-dealkylation sites (tertiary alicyclic amines) is 1. The van der Waals surface area contributed by atoms with E-state index in [4.69, 9.17) is 4.74 Å². The van der Waals surface area contributed by atoms with Crippen LogP contribution in [0.3, 0.4) is 0 Å². The Bertz CT molecular complexity index is 643. The summed E-state index contributed by atoms with van der Waals surface area (Å²) in [6.07, 6.45) is 2.91. The van der Waals surface area contributed by atoms with E-state index in [0.29, 0.717) is 13.0 Å². The summed E-state index contributed by atoms with van der Waals surface area (Å²) < 4.78 is 5.14. The summed E-state index contributed by atoms with van der Waals surface area (Å²) in [5, 5.41) is 9.93. The normalized spacial score (nSPS) is 21.2. The zero-order valence-corrected chi connectivity index (χ0v) is 12.3. The van der Waals surface area contributed by atoms with Crippen LogP contribution in [0.1, 0.15) is 23.6 Å². The lowest BCUT2D eigenvalue weighted by molar-refractivity contribution is -0.135. The van der Waals surface area contributed by atoms with E-state index in [1.807, 2.05) is 36.4 Å². The molecule has 22 heavy (non-hydrogen) atoms. The lowest BCUT2D eigenvalue weighted by atomic mass is 10.1. The van der Waals surface area contributed by atoms with Crippen LogP contribution in [-0.4, -0.2) is 34.1 Å². The minimum atomic E-state index is -0.941. The Kier molecular flexibility index (Phi) is 4.06. The Balaban J connectivity index is 1.83. The lowest BCUT2D eigenvalue weighted by Gasteiger charge is -2.24. The molecule has 1 fully saturated rings. The van der Waals surface area contributed by atoms with E-state index in [-0.39, 0.29) is 11.9 Å². The van der Waals surface area contributed by atoms with Crippen molar-refractivity contribution in [1.82, 2.24) is 9.88 Å². The number of ether oxygens (including phenoxy) is 1. The molecule has 1 aliphatic rings. The minimum absolute atomic E-state index is 0.140. The van der Waals surface area contributed by atoms with Crippen molar-refractivity contribution in [2.45, 2.75) is 25.1 Å². The van der Waals surface area contributed by atoms with Gasteiger partial charge in [-0.1, -0.05) is 18.2 Å². The highest BCUT2D eigenvalue weighted by Crippen LogP contribution is 2.34. The second-order valence-corrected chi connectivity index (χ2v) is 5.37. The number of amides is 1. The minimum Gasteiger partial charge on any atom is -0.497 e. The van der Waals surface area contributed by atoms with Crippen molar-refractivity contribution in [2.24, 2.45) is 0 Å². The summed E-state index contributed by atoms with van der Waals surface area (Å²) in [7, 11) is 1.62. The summed E-state index contributed by atoms with van der Waals surface area (Å²) in [4.78, 5) is 18.1. The van der Waals surface area contributed by atoms with Crippen molar-refractivity contribution in [3.63, 3.8) is 0 Å². The number of carbonyl (C=O) groups is 1. The molecule has 2 atom stereocenters.